The molecule has 0 bridgehead atoms. The van der Waals surface area contributed by atoms with Crippen LogP contribution < -0.4 is 5.32 Å². The molecule has 0 aromatic carbocycles. The van der Waals surface area contributed by atoms with Gasteiger partial charge in [0.15, 0.2) is 9.84 Å². The third kappa shape index (κ3) is 3.95. The highest BCUT2D eigenvalue weighted by atomic mass is 32.2. The lowest BCUT2D eigenvalue weighted by molar-refractivity contribution is 0.127. The number of nitrogens with one attached hydrogen (secondary N) is 1. The number of ether oxygens (including phenoxy) is 1. The molecular weight excluding hydrogens is 274 g/mol. The van der Waals surface area contributed by atoms with Gasteiger partial charge in [0.25, 0.3) is 0 Å². The van der Waals surface area contributed by atoms with Crippen molar-refractivity contribution >= 4 is 9.84 Å². The first-order chi connectivity index (χ1) is 9.56. The van der Waals surface area contributed by atoms with Gasteiger partial charge < -0.3 is 10.1 Å². The third-order valence-electron chi connectivity index (χ3n) is 4.85. The van der Waals surface area contributed by atoms with Crippen molar-refractivity contribution in [1.29, 1.82) is 0 Å². The second-order valence-corrected chi connectivity index (χ2v) is 8.52. The van der Waals surface area contributed by atoms with Gasteiger partial charge in [-0.3, -0.25) is 0 Å². The Morgan fingerprint density at radius 3 is 2.60 bits per heavy atom. The molecule has 0 spiro atoms. The number of hydrogen-bond donors (Lipinski definition) is 1. The summed E-state index contributed by atoms with van der Waals surface area (Å²) in [6.45, 7) is 5.78. The second-order valence-electron chi connectivity index (χ2n) is 6.25. The van der Waals surface area contributed by atoms with Crippen LogP contribution in [0, 0.1) is 5.92 Å². The normalized spacial score (nSPS) is 35.3. The smallest absolute Gasteiger partial charge is 0.157 e. The topological polar surface area (TPSA) is 55.4 Å². The molecular formula is C15H29NO3S. The maximum atomic E-state index is 12.8. The summed E-state index contributed by atoms with van der Waals surface area (Å²) in [5.41, 5.74) is 0. The Balaban J connectivity index is 2.06. The van der Waals surface area contributed by atoms with Gasteiger partial charge in [0.2, 0.25) is 0 Å². The van der Waals surface area contributed by atoms with Gasteiger partial charge in [-0.15, -0.1) is 0 Å². The highest BCUT2D eigenvalue weighted by Crippen LogP contribution is 2.32. The molecule has 1 aliphatic carbocycles. The number of rotatable bonds is 6. The van der Waals surface area contributed by atoms with E-state index in [1.54, 1.807) is 0 Å². The van der Waals surface area contributed by atoms with E-state index in [0.29, 0.717) is 5.92 Å². The van der Waals surface area contributed by atoms with Crippen LogP contribution in [0.3, 0.4) is 0 Å². The summed E-state index contributed by atoms with van der Waals surface area (Å²) in [4.78, 5) is 0. The van der Waals surface area contributed by atoms with Gasteiger partial charge in [-0.05, 0) is 44.6 Å². The fraction of sp³-hybridized carbons (Fsp3) is 1.00. The van der Waals surface area contributed by atoms with Gasteiger partial charge in [0.05, 0.1) is 17.1 Å². The van der Waals surface area contributed by atoms with Crippen LogP contribution in [0.5, 0.6) is 0 Å². The van der Waals surface area contributed by atoms with E-state index in [4.69, 9.17) is 4.74 Å². The van der Waals surface area contributed by atoms with E-state index < -0.39 is 9.84 Å². The van der Waals surface area contributed by atoms with Gasteiger partial charge in [0, 0.05) is 12.6 Å². The molecule has 5 heteroatoms. The Morgan fingerprint density at radius 1 is 1.20 bits per heavy atom. The van der Waals surface area contributed by atoms with Crippen molar-refractivity contribution in [3.8, 4) is 0 Å². The maximum absolute atomic E-state index is 12.8. The Kier molecular flexibility index (Phi) is 5.87. The van der Waals surface area contributed by atoms with Crippen LogP contribution in [0.2, 0.25) is 0 Å². The Morgan fingerprint density at radius 2 is 2.00 bits per heavy atom. The molecule has 4 unspecified atom stereocenters. The average Bonchev–Trinajstić information content (AvgIpc) is 2.91. The fourth-order valence-corrected chi connectivity index (χ4v) is 5.96. The summed E-state index contributed by atoms with van der Waals surface area (Å²) in [7, 11) is -3.07. The highest BCUT2D eigenvalue weighted by Gasteiger charge is 2.39. The predicted molar refractivity (Wildman–Crippen MR) is 81.6 cm³/mol. The van der Waals surface area contributed by atoms with Crippen molar-refractivity contribution in [1.82, 2.24) is 5.32 Å². The van der Waals surface area contributed by atoms with Crippen LogP contribution in [-0.4, -0.2) is 44.7 Å². The molecule has 118 valence electrons. The largest absolute Gasteiger partial charge is 0.377 e. The lowest BCUT2D eigenvalue weighted by atomic mass is 9.84. The molecule has 20 heavy (non-hydrogen) atoms. The molecule has 1 saturated carbocycles. The monoisotopic (exact) mass is 303 g/mol. The summed E-state index contributed by atoms with van der Waals surface area (Å²) in [5, 5.41) is 3.17. The number of sulfone groups is 1. The van der Waals surface area contributed by atoms with Crippen LogP contribution in [0.4, 0.5) is 0 Å². The number of hydrogen-bond acceptors (Lipinski definition) is 4. The summed E-state index contributed by atoms with van der Waals surface area (Å²) in [6, 6.07) is 0.134. The summed E-state index contributed by atoms with van der Waals surface area (Å²) < 4.78 is 31.1. The molecule has 2 fully saturated rings. The van der Waals surface area contributed by atoms with Crippen molar-refractivity contribution in [2.75, 3.05) is 18.9 Å². The minimum absolute atomic E-state index is 0.0655. The highest BCUT2D eigenvalue weighted by molar-refractivity contribution is 7.92. The van der Waals surface area contributed by atoms with Gasteiger partial charge in [0.1, 0.15) is 0 Å². The van der Waals surface area contributed by atoms with Crippen molar-refractivity contribution in [2.45, 2.75) is 69.8 Å². The lowest BCUT2D eigenvalue weighted by Crippen LogP contribution is -2.49. The molecule has 4 nitrogen and oxygen atoms in total. The van der Waals surface area contributed by atoms with E-state index >= 15 is 0 Å². The molecule has 1 heterocycles. The van der Waals surface area contributed by atoms with Crippen molar-refractivity contribution < 1.29 is 13.2 Å². The standard InChI is InChI=1S/C15H29NO3S/c1-3-12-7-8-14(16-4-2)15(10-12)20(17,18)11-13-6-5-9-19-13/h12-16H,3-11H2,1-2H3. The Hall–Kier alpha value is -0.130. The molecule has 0 radical (unpaired) electrons. The van der Waals surface area contributed by atoms with Crippen molar-refractivity contribution in [3.05, 3.63) is 0 Å². The van der Waals surface area contributed by atoms with Gasteiger partial charge in [-0.25, -0.2) is 8.42 Å². The quantitative estimate of drug-likeness (QED) is 0.817. The summed E-state index contributed by atoms with van der Waals surface area (Å²) in [6.07, 6.45) is 5.88. The molecule has 0 aromatic heterocycles. The molecule has 1 aliphatic heterocycles. The van der Waals surface area contributed by atoms with E-state index in [9.17, 15) is 8.42 Å². The summed E-state index contributed by atoms with van der Waals surface area (Å²) >= 11 is 0. The van der Waals surface area contributed by atoms with E-state index in [1.807, 2.05) is 0 Å². The average molecular weight is 303 g/mol. The van der Waals surface area contributed by atoms with E-state index in [0.717, 1.165) is 51.7 Å². The lowest BCUT2D eigenvalue weighted by Gasteiger charge is -2.36. The minimum Gasteiger partial charge on any atom is -0.377 e. The Labute approximate surface area is 123 Å². The zero-order valence-electron chi connectivity index (χ0n) is 12.8. The van der Waals surface area contributed by atoms with Gasteiger partial charge >= 0.3 is 0 Å². The van der Waals surface area contributed by atoms with Crippen LogP contribution in [0.15, 0.2) is 0 Å². The molecule has 1 saturated heterocycles. The fourth-order valence-electron chi connectivity index (χ4n) is 3.63. The first-order valence-electron chi connectivity index (χ1n) is 8.13. The first kappa shape index (κ1) is 16.2. The zero-order chi connectivity index (χ0) is 14.6. The molecule has 1 N–H and O–H groups in total. The SMILES string of the molecule is CCNC1CCC(CC)CC1S(=O)(=O)CC1CCCO1. The molecule has 2 rings (SSSR count). The van der Waals surface area contributed by atoms with Crippen LogP contribution >= 0.6 is 0 Å². The Bertz CT molecular complexity index is 390. The second kappa shape index (κ2) is 7.23. The first-order valence-corrected chi connectivity index (χ1v) is 9.85. The van der Waals surface area contributed by atoms with E-state index in [-0.39, 0.29) is 23.1 Å². The zero-order valence-corrected chi connectivity index (χ0v) is 13.6. The maximum Gasteiger partial charge on any atom is 0.157 e. The molecule has 4 atom stereocenters. The van der Waals surface area contributed by atoms with Crippen molar-refractivity contribution in [2.24, 2.45) is 5.92 Å². The van der Waals surface area contributed by atoms with Crippen LogP contribution in [0.25, 0.3) is 0 Å². The van der Waals surface area contributed by atoms with Gasteiger partial charge in [-0.2, -0.15) is 0 Å². The molecule has 2 aliphatic rings. The van der Waals surface area contributed by atoms with E-state index in [2.05, 4.69) is 19.2 Å². The van der Waals surface area contributed by atoms with Crippen LogP contribution in [0.1, 0.15) is 52.4 Å². The van der Waals surface area contributed by atoms with Gasteiger partial charge in [-0.1, -0.05) is 20.3 Å². The molecule has 0 aromatic rings. The van der Waals surface area contributed by atoms with Crippen molar-refractivity contribution in [3.63, 3.8) is 0 Å². The van der Waals surface area contributed by atoms with Crippen LogP contribution in [-0.2, 0) is 14.6 Å². The molecule has 0 amide bonds. The third-order valence-corrected chi connectivity index (χ3v) is 7.13. The van der Waals surface area contributed by atoms with E-state index in [1.165, 1.54) is 0 Å². The predicted octanol–water partition coefficient (Wildman–Crippen LogP) is 2.14. The minimum atomic E-state index is -3.07. The summed E-state index contributed by atoms with van der Waals surface area (Å²) in [5.74, 6) is 0.782.